The second kappa shape index (κ2) is 12.8. The van der Waals surface area contributed by atoms with E-state index >= 15 is 0 Å². The standard InChI is InChI=1S/C35H35N5O5/c36-33-27-17-25(14-15-28(27)37-38-33)21-40-30(19-23-10-5-2-6-11-23)32(42)31(41)29(18-22-8-3-1-4-9-22)39(35(40)45)20-24-12-7-13-26(16-24)34(43)44/h1-17,29-32,41-42H,18-21H2,(H,43,44)(H3,36,37,38)/t29-,30-,31+,32+/m1/s1. The van der Waals surface area contributed by atoms with Crippen LogP contribution in [0.3, 0.4) is 0 Å². The number of amides is 2. The van der Waals surface area contributed by atoms with E-state index in [1.807, 2.05) is 78.9 Å². The van der Waals surface area contributed by atoms with Crippen LogP contribution in [0.4, 0.5) is 10.6 Å². The van der Waals surface area contributed by atoms with Crippen molar-refractivity contribution in [3.8, 4) is 0 Å². The van der Waals surface area contributed by atoms with Crippen LogP contribution in [0.1, 0.15) is 32.6 Å². The topological polar surface area (TPSA) is 156 Å². The third kappa shape index (κ3) is 6.38. The third-order valence-electron chi connectivity index (χ3n) is 8.54. The molecule has 1 saturated heterocycles. The van der Waals surface area contributed by atoms with Gasteiger partial charge in [0, 0.05) is 18.5 Å². The van der Waals surface area contributed by atoms with E-state index in [9.17, 15) is 24.9 Å². The van der Waals surface area contributed by atoms with Crippen molar-refractivity contribution in [2.24, 2.45) is 0 Å². The van der Waals surface area contributed by atoms with Crippen molar-refractivity contribution >= 4 is 28.7 Å². The van der Waals surface area contributed by atoms with Gasteiger partial charge >= 0.3 is 12.0 Å². The molecule has 5 aromatic rings. The van der Waals surface area contributed by atoms with Gasteiger partial charge < -0.3 is 30.9 Å². The fraction of sp³-hybridized carbons (Fsp3) is 0.229. The van der Waals surface area contributed by atoms with Crippen LogP contribution >= 0.6 is 0 Å². The maximum Gasteiger partial charge on any atom is 0.335 e. The van der Waals surface area contributed by atoms with Gasteiger partial charge in [-0.15, -0.1) is 0 Å². The Morgan fingerprint density at radius 2 is 1.27 bits per heavy atom. The summed E-state index contributed by atoms with van der Waals surface area (Å²) in [6.45, 7) is 0.161. The fourth-order valence-electron chi connectivity index (χ4n) is 6.19. The summed E-state index contributed by atoms with van der Waals surface area (Å²) in [6, 6.07) is 29.1. The largest absolute Gasteiger partial charge is 0.478 e. The number of nitrogens with zero attached hydrogens (tertiary/aromatic N) is 3. The van der Waals surface area contributed by atoms with Gasteiger partial charge in [0.05, 0.1) is 23.2 Å². The molecule has 0 unspecified atom stereocenters. The monoisotopic (exact) mass is 605 g/mol. The summed E-state index contributed by atoms with van der Waals surface area (Å²) >= 11 is 0. The Kier molecular flexibility index (Phi) is 8.50. The Bertz CT molecular complexity index is 1790. The second-order valence-electron chi connectivity index (χ2n) is 11.5. The molecule has 0 bridgehead atoms. The van der Waals surface area contributed by atoms with Crippen LogP contribution in [-0.4, -0.2) is 71.6 Å². The number of nitrogens with two attached hydrogens (primary N) is 1. The highest BCUT2D eigenvalue weighted by molar-refractivity contribution is 5.89. The minimum atomic E-state index is -1.30. The van der Waals surface area contributed by atoms with Gasteiger partial charge in [0.2, 0.25) is 0 Å². The van der Waals surface area contributed by atoms with Crippen molar-refractivity contribution in [2.45, 2.75) is 50.2 Å². The smallest absolute Gasteiger partial charge is 0.335 e. The molecular weight excluding hydrogens is 570 g/mol. The van der Waals surface area contributed by atoms with Crippen molar-refractivity contribution in [3.63, 3.8) is 0 Å². The van der Waals surface area contributed by atoms with Gasteiger partial charge in [-0.25, -0.2) is 9.59 Å². The van der Waals surface area contributed by atoms with E-state index in [1.54, 1.807) is 21.9 Å². The maximum absolute atomic E-state index is 14.8. The Hall–Kier alpha value is -5.19. The molecule has 6 rings (SSSR count). The number of rotatable bonds is 9. The zero-order chi connectivity index (χ0) is 31.5. The van der Waals surface area contributed by atoms with Crippen LogP contribution in [-0.2, 0) is 25.9 Å². The molecule has 6 N–H and O–H groups in total. The molecule has 1 aromatic heterocycles. The Balaban J connectivity index is 1.45. The van der Waals surface area contributed by atoms with E-state index in [4.69, 9.17) is 5.73 Å². The number of aliphatic hydroxyl groups is 2. The van der Waals surface area contributed by atoms with E-state index in [1.165, 1.54) is 12.1 Å². The summed E-state index contributed by atoms with van der Waals surface area (Å²) in [5.41, 5.74) is 10.1. The van der Waals surface area contributed by atoms with E-state index < -0.39 is 30.3 Å². The van der Waals surface area contributed by atoms with Crippen LogP contribution in [0.25, 0.3) is 10.9 Å². The quantitative estimate of drug-likeness (QED) is 0.168. The molecule has 4 aromatic carbocycles. The van der Waals surface area contributed by atoms with Gasteiger partial charge in [-0.05, 0) is 59.4 Å². The molecule has 45 heavy (non-hydrogen) atoms. The first-order valence-electron chi connectivity index (χ1n) is 14.8. The van der Waals surface area contributed by atoms with Crippen LogP contribution in [0.5, 0.6) is 0 Å². The number of carbonyl (C=O) groups excluding carboxylic acids is 1. The van der Waals surface area contributed by atoms with Crippen molar-refractivity contribution < 1.29 is 24.9 Å². The van der Waals surface area contributed by atoms with Crippen LogP contribution < -0.4 is 5.73 Å². The molecule has 0 radical (unpaired) electrons. The first kappa shape index (κ1) is 29.9. The van der Waals surface area contributed by atoms with Crippen molar-refractivity contribution in [3.05, 3.63) is 131 Å². The van der Waals surface area contributed by atoms with Gasteiger partial charge in [-0.2, -0.15) is 5.10 Å². The molecule has 1 aliphatic heterocycles. The number of urea groups is 1. The van der Waals surface area contributed by atoms with Crippen LogP contribution in [0.2, 0.25) is 0 Å². The summed E-state index contributed by atoms with van der Waals surface area (Å²) in [6.07, 6.45) is -2.00. The van der Waals surface area contributed by atoms with Crippen molar-refractivity contribution in [2.75, 3.05) is 5.73 Å². The summed E-state index contributed by atoms with van der Waals surface area (Å²) in [7, 11) is 0. The van der Waals surface area contributed by atoms with E-state index in [-0.39, 0.29) is 31.1 Å². The lowest BCUT2D eigenvalue weighted by Crippen LogP contribution is -2.50. The lowest BCUT2D eigenvalue weighted by molar-refractivity contribution is -0.0408. The zero-order valence-electron chi connectivity index (χ0n) is 24.5. The van der Waals surface area contributed by atoms with Gasteiger partial charge in [0.25, 0.3) is 0 Å². The molecule has 2 heterocycles. The summed E-state index contributed by atoms with van der Waals surface area (Å²) in [5.74, 6) is -0.734. The molecule has 10 nitrogen and oxygen atoms in total. The van der Waals surface area contributed by atoms with Gasteiger partial charge in [-0.1, -0.05) is 78.9 Å². The number of aliphatic hydroxyl groups excluding tert-OH is 2. The number of nitrogens with one attached hydrogen (secondary N) is 1. The predicted octanol–water partition coefficient (Wildman–Crippen LogP) is 4.23. The number of benzene rings is 4. The number of H-pyrrole nitrogens is 1. The molecular formula is C35H35N5O5. The highest BCUT2D eigenvalue weighted by Gasteiger charge is 2.46. The lowest BCUT2D eigenvalue weighted by atomic mass is 9.91. The summed E-state index contributed by atoms with van der Waals surface area (Å²) in [5, 5.41) is 41.1. The Labute approximate surface area is 260 Å². The fourth-order valence-corrected chi connectivity index (χ4v) is 6.19. The SMILES string of the molecule is Nc1n[nH]c2ccc(CN3C(=O)N(Cc4cccc(C(=O)O)c4)[C@H](Cc4ccccc4)[C@H](O)[C@@H](O)[C@H]3Cc3ccccc3)cc12. The number of carboxylic acids is 1. The lowest BCUT2D eigenvalue weighted by Gasteiger charge is -2.36. The number of anilines is 1. The van der Waals surface area contributed by atoms with E-state index in [0.717, 1.165) is 27.6 Å². The Morgan fingerprint density at radius 3 is 1.82 bits per heavy atom. The van der Waals surface area contributed by atoms with Gasteiger partial charge in [0.15, 0.2) is 5.82 Å². The highest BCUT2D eigenvalue weighted by atomic mass is 16.4. The Morgan fingerprint density at radius 1 is 0.733 bits per heavy atom. The number of nitrogen functional groups attached to an aromatic ring is 1. The minimum absolute atomic E-state index is 0.0313. The zero-order valence-corrected chi connectivity index (χ0v) is 24.5. The summed E-state index contributed by atoms with van der Waals surface area (Å²) < 4.78 is 0. The minimum Gasteiger partial charge on any atom is -0.478 e. The molecule has 1 aliphatic rings. The number of fused-ring (bicyclic) bond motifs is 1. The second-order valence-corrected chi connectivity index (χ2v) is 11.5. The number of aromatic nitrogens is 2. The van der Waals surface area contributed by atoms with E-state index in [2.05, 4.69) is 10.2 Å². The maximum atomic E-state index is 14.8. The van der Waals surface area contributed by atoms with Crippen LogP contribution in [0.15, 0.2) is 103 Å². The van der Waals surface area contributed by atoms with Gasteiger partial charge in [0.1, 0.15) is 12.2 Å². The third-order valence-corrected chi connectivity index (χ3v) is 8.54. The first-order valence-corrected chi connectivity index (χ1v) is 14.8. The van der Waals surface area contributed by atoms with E-state index in [0.29, 0.717) is 17.8 Å². The van der Waals surface area contributed by atoms with Crippen molar-refractivity contribution in [1.82, 2.24) is 20.0 Å². The molecule has 0 aliphatic carbocycles. The number of carbonyl (C=O) groups is 2. The molecule has 1 fully saturated rings. The normalized spacial score (nSPS) is 20.4. The molecule has 0 spiro atoms. The predicted molar refractivity (Wildman–Crippen MR) is 170 cm³/mol. The molecule has 4 atom stereocenters. The number of carboxylic acid groups (broad SMARTS) is 1. The van der Waals surface area contributed by atoms with Crippen molar-refractivity contribution in [1.29, 1.82) is 0 Å². The molecule has 230 valence electrons. The molecule has 2 amide bonds. The number of hydrogen-bond donors (Lipinski definition) is 5. The highest BCUT2D eigenvalue weighted by Crippen LogP contribution is 2.31. The first-order chi connectivity index (χ1) is 21.8. The summed E-state index contributed by atoms with van der Waals surface area (Å²) in [4.78, 5) is 29.8. The van der Waals surface area contributed by atoms with Gasteiger partial charge in [-0.3, -0.25) is 5.10 Å². The van der Waals surface area contributed by atoms with Crippen LogP contribution in [0, 0.1) is 0 Å². The number of aromatic amines is 1. The molecule has 0 saturated carbocycles. The number of aromatic carboxylic acids is 1. The average molecular weight is 606 g/mol. The number of hydrogen-bond acceptors (Lipinski definition) is 6. The molecule has 10 heteroatoms. The average Bonchev–Trinajstić information content (AvgIpc) is 3.41.